The Kier molecular flexibility index (Phi) is 3.79. The molecule has 1 aliphatic carbocycles. The monoisotopic (exact) mass is 298 g/mol. The van der Waals surface area contributed by atoms with Crippen molar-refractivity contribution in [1.29, 1.82) is 0 Å². The Morgan fingerprint density at radius 2 is 1.91 bits per heavy atom. The molecule has 0 N–H and O–H groups in total. The average Bonchev–Trinajstić information content (AvgIpc) is 3.38. The molecule has 0 radical (unpaired) electrons. The van der Waals surface area contributed by atoms with Gasteiger partial charge in [0.25, 0.3) is 0 Å². The first kappa shape index (κ1) is 14.5. The normalized spacial score (nSPS) is 13.8. The van der Waals surface area contributed by atoms with Gasteiger partial charge >= 0.3 is 5.97 Å². The number of esters is 1. The van der Waals surface area contributed by atoms with Crippen LogP contribution in [-0.2, 0) is 4.74 Å². The molecule has 2 aromatic rings. The topological polar surface area (TPSA) is 61.3 Å². The lowest BCUT2D eigenvalue weighted by Gasteiger charge is -2.13. The van der Waals surface area contributed by atoms with Crippen molar-refractivity contribution in [2.75, 3.05) is 14.2 Å². The van der Waals surface area contributed by atoms with Crippen molar-refractivity contribution in [2.24, 2.45) is 0 Å². The molecule has 1 fully saturated rings. The third-order valence-corrected chi connectivity index (χ3v) is 3.84. The van der Waals surface area contributed by atoms with Crippen molar-refractivity contribution in [3.8, 4) is 16.9 Å². The minimum absolute atomic E-state index is 0.408. The number of rotatable bonds is 4. The first-order chi connectivity index (χ1) is 10.6. The molecule has 2 aromatic heterocycles. The highest BCUT2D eigenvalue weighted by molar-refractivity contribution is 5.97. The van der Waals surface area contributed by atoms with E-state index >= 15 is 0 Å². The molecule has 1 saturated carbocycles. The van der Waals surface area contributed by atoms with Gasteiger partial charge in [-0.05, 0) is 31.9 Å². The zero-order valence-electron chi connectivity index (χ0n) is 12.9. The van der Waals surface area contributed by atoms with Gasteiger partial charge in [-0.1, -0.05) is 0 Å². The predicted molar refractivity (Wildman–Crippen MR) is 82.1 cm³/mol. The van der Waals surface area contributed by atoms with Crippen LogP contribution in [0.5, 0.6) is 5.75 Å². The first-order valence-electron chi connectivity index (χ1n) is 7.23. The van der Waals surface area contributed by atoms with Crippen LogP contribution in [0.15, 0.2) is 24.5 Å². The Morgan fingerprint density at radius 1 is 1.14 bits per heavy atom. The van der Waals surface area contributed by atoms with Gasteiger partial charge in [-0.15, -0.1) is 0 Å². The van der Waals surface area contributed by atoms with Gasteiger partial charge in [-0.3, -0.25) is 9.97 Å². The zero-order valence-corrected chi connectivity index (χ0v) is 12.9. The maximum absolute atomic E-state index is 12.0. The van der Waals surface area contributed by atoms with Crippen molar-refractivity contribution < 1.29 is 14.3 Å². The van der Waals surface area contributed by atoms with Crippen LogP contribution in [0.25, 0.3) is 11.1 Å². The summed E-state index contributed by atoms with van der Waals surface area (Å²) in [6, 6.07) is 3.89. The van der Waals surface area contributed by atoms with Crippen LogP contribution in [0.4, 0.5) is 0 Å². The number of methoxy groups -OCH3 is 2. The Labute approximate surface area is 129 Å². The van der Waals surface area contributed by atoms with Crippen molar-refractivity contribution in [3.05, 3.63) is 41.5 Å². The standard InChI is InChI=1S/C17H18N2O3/c1-10-6-12(14(8-18-10)17(20)22-3)13-7-15(11-4-5-11)19-9-16(13)21-2/h6-9,11H,4-5H2,1-3H3. The number of carbonyl (C=O) groups excluding carboxylic acids is 1. The van der Waals surface area contributed by atoms with Gasteiger partial charge in [-0.2, -0.15) is 0 Å². The van der Waals surface area contributed by atoms with Gasteiger partial charge in [-0.25, -0.2) is 4.79 Å². The van der Waals surface area contributed by atoms with Crippen LogP contribution in [0.1, 0.15) is 40.5 Å². The summed E-state index contributed by atoms with van der Waals surface area (Å²) < 4.78 is 10.3. The van der Waals surface area contributed by atoms with Crippen LogP contribution in [0, 0.1) is 6.92 Å². The van der Waals surface area contributed by atoms with E-state index in [1.807, 2.05) is 19.1 Å². The van der Waals surface area contributed by atoms with Crippen LogP contribution >= 0.6 is 0 Å². The summed E-state index contributed by atoms with van der Waals surface area (Å²) >= 11 is 0. The Balaban J connectivity index is 2.18. The minimum Gasteiger partial charge on any atom is -0.494 e. The van der Waals surface area contributed by atoms with Crippen LogP contribution in [0.3, 0.4) is 0 Å². The molecule has 0 unspecified atom stereocenters. The molecule has 5 nitrogen and oxygen atoms in total. The fourth-order valence-corrected chi connectivity index (χ4v) is 2.49. The average molecular weight is 298 g/mol. The number of carbonyl (C=O) groups is 1. The summed E-state index contributed by atoms with van der Waals surface area (Å²) in [6.07, 6.45) is 5.60. The van der Waals surface area contributed by atoms with Gasteiger partial charge < -0.3 is 9.47 Å². The molecule has 0 bridgehead atoms. The highest BCUT2D eigenvalue weighted by atomic mass is 16.5. The minimum atomic E-state index is -0.408. The Bertz CT molecular complexity index is 724. The van der Waals surface area contributed by atoms with Crippen LogP contribution < -0.4 is 4.74 Å². The van der Waals surface area contributed by atoms with Crippen molar-refractivity contribution in [1.82, 2.24) is 9.97 Å². The molecule has 1 aliphatic rings. The second kappa shape index (κ2) is 5.75. The van der Waals surface area contributed by atoms with Gasteiger partial charge in [0.15, 0.2) is 0 Å². The van der Waals surface area contributed by atoms with Crippen molar-refractivity contribution in [3.63, 3.8) is 0 Å². The molecule has 0 amide bonds. The zero-order chi connectivity index (χ0) is 15.7. The summed E-state index contributed by atoms with van der Waals surface area (Å²) in [4.78, 5) is 20.7. The smallest absolute Gasteiger partial charge is 0.340 e. The highest BCUT2D eigenvalue weighted by Crippen LogP contribution is 2.42. The van der Waals surface area contributed by atoms with Gasteiger partial charge in [0.2, 0.25) is 0 Å². The third kappa shape index (κ3) is 2.66. The summed E-state index contributed by atoms with van der Waals surface area (Å²) in [6.45, 7) is 1.89. The quantitative estimate of drug-likeness (QED) is 0.812. The van der Waals surface area contributed by atoms with Crippen LogP contribution in [0.2, 0.25) is 0 Å². The number of hydrogen-bond donors (Lipinski definition) is 0. The van der Waals surface area contributed by atoms with Gasteiger partial charge in [0.05, 0.1) is 26.0 Å². The van der Waals surface area contributed by atoms with E-state index in [2.05, 4.69) is 9.97 Å². The molecular weight excluding hydrogens is 280 g/mol. The maximum atomic E-state index is 12.0. The van der Waals surface area contributed by atoms with E-state index in [0.717, 1.165) is 35.4 Å². The Morgan fingerprint density at radius 3 is 2.55 bits per heavy atom. The molecule has 0 aliphatic heterocycles. The lowest BCUT2D eigenvalue weighted by atomic mass is 9.99. The van der Waals surface area contributed by atoms with E-state index in [1.54, 1.807) is 19.5 Å². The van der Waals surface area contributed by atoms with Crippen molar-refractivity contribution in [2.45, 2.75) is 25.7 Å². The molecule has 5 heteroatoms. The SMILES string of the molecule is COC(=O)c1cnc(C)cc1-c1cc(C2CC2)ncc1OC. The molecule has 0 saturated heterocycles. The van der Waals surface area contributed by atoms with E-state index in [9.17, 15) is 4.79 Å². The van der Waals surface area contributed by atoms with E-state index in [0.29, 0.717) is 17.2 Å². The molecule has 22 heavy (non-hydrogen) atoms. The number of aryl methyl sites for hydroxylation is 1. The van der Waals surface area contributed by atoms with Crippen molar-refractivity contribution >= 4 is 5.97 Å². The van der Waals surface area contributed by atoms with Crippen LogP contribution in [-0.4, -0.2) is 30.2 Å². The fraction of sp³-hybridized carbons (Fsp3) is 0.353. The van der Waals surface area contributed by atoms with E-state index in [4.69, 9.17) is 9.47 Å². The molecule has 0 aromatic carbocycles. The fourth-order valence-electron chi connectivity index (χ4n) is 2.49. The van der Waals surface area contributed by atoms with E-state index in [1.165, 1.54) is 7.11 Å². The second-order valence-electron chi connectivity index (χ2n) is 5.45. The van der Waals surface area contributed by atoms with E-state index in [-0.39, 0.29) is 0 Å². The number of aromatic nitrogens is 2. The summed E-state index contributed by atoms with van der Waals surface area (Å²) in [5.74, 6) is 0.753. The number of pyridine rings is 2. The number of ether oxygens (including phenoxy) is 2. The number of hydrogen-bond acceptors (Lipinski definition) is 5. The third-order valence-electron chi connectivity index (χ3n) is 3.84. The largest absolute Gasteiger partial charge is 0.494 e. The molecule has 3 rings (SSSR count). The summed E-state index contributed by atoms with van der Waals surface area (Å²) in [7, 11) is 2.97. The predicted octanol–water partition coefficient (Wildman–Crippen LogP) is 3.12. The van der Waals surface area contributed by atoms with E-state index < -0.39 is 5.97 Å². The summed E-state index contributed by atoms with van der Waals surface area (Å²) in [5, 5.41) is 0. The maximum Gasteiger partial charge on any atom is 0.340 e. The van der Waals surface area contributed by atoms with Gasteiger partial charge in [0, 0.05) is 34.6 Å². The van der Waals surface area contributed by atoms with Gasteiger partial charge in [0.1, 0.15) is 5.75 Å². The lowest BCUT2D eigenvalue weighted by Crippen LogP contribution is -2.06. The first-order valence-corrected chi connectivity index (χ1v) is 7.23. The molecule has 2 heterocycles. The Hall–Kier alpha value is -2.43. The molecule has 0 spiro atoms. The highest BCUT2D eigenvalue weighted by Gasteiger charge is 2.27. The molecule has 0 atom stereocenters. The lowest BCUT2D eigenvalue weighted by molar-refractivity contribution is 0.0601. The molecule has 114 valence electrons. The second-order valence-corrected chi connectivity index (χ2v) is 5.45. The molecular formula is C17H18N2O3. The number of nitrogens with zero attached hydrogens (tertiary/aromatic N) is 2. The summed E-state index contributed by atoms with van der Waals surface area (Å²) in [5.41, 5.74) is 3.92.